The largest absolute Gasteiger partial charge is 0.393 e. The summed E-state index contributed by atoms with van der Waals surface area (Å²) in [6.45, 7) is 7.60. The molecule has 112 valence electrons. The van der Waals surface area contributed by atoms with Crippen LogP contribution in [-0.2, 0) is 4.74 Å². The van der Waals surface area contributed by atoms with E-state index in [9.17, 15) is 5.11 Å². The predicted molar refractivity (Wildman–Crippen MR) is 78.1 cm³/mol. The van der Waals surface area contributed by atoms with E-state index in [0.717, 1.165) is 38.0 Å². The highest BCUT2D eigenvalue weighted by Crippen LogP contribution is 2.34. The summed E-state index contributed by atoms with van der Waals surface area (Å²) in [7, 11) is 2.17. The van der Waals surface area contributed by atoms with Crippen LogP contribution < -0.4 is 0 Å². The lowest BCUT2D eigenvalue weighted by Crippen LogP contribution is -2.40. The molecule has 2 fully saturated rings. The van der Waals surface area contributed by atoms with Crippen molar-refractivity contribution in [2.24, 2.45) is 17.8 Å². The van der Waals surface area contributed by atoms with Gasteiger partial charge in [0.25, 0.3) is 0 Å². The number of hydrogen-bond acceptors (Lipinski definition) is 3. The second kappa shape index (κ2) is 7.05. The van der Waals surface area contributed by atoms with E-state index in [4.69, 9.17) is 4.74 Å². The first-order chi connectivity index (χ1) is 9.06. The van der Waals surface area contributed by atoms with Crippen molar-refractivity contribution in [1.82, 2.24) is 4.90 Å². The Balaban J connectivity index is 1.78. The Bertz CT molecular complexity index is 263. The molecule has 1 saturated heterocycles. The van der Waals surface area contributed by atoms with Crippen LogP contribution in [0.4, 0.5) is 0 Å². The van der Waals surface area contributed by atoms with Crippen LogP contribution in [0.25, 0.3) is 0 Å². The fraction of sp³-hybridized carbons (Fsp3) is 1.00. The molecule has 1 saturated carbocycles. The van der Waals surface area contributed by atoms with Crippen LogP contribution in [0, 0.1) is 17.8 Å². The molecule has 0 aromatic carbocycles. The van der Waals surface area contributed by atoms with E-state index < -0.39 is 0 Å². The molecule has 1 heterocycles. The first-order valence-electron chi connectivity index (χ1n) is 8.04. The van der Waals surface area contributed by atoms with Crippen molar-refractivity contribution in [1.29, 1.82) is 0 Å². The quantitative estimate of drug-likeness (QED) is 0.832. The van der Waals surface area contributed by atoms with E-state index in [1.807, 2.05) is 0 Å². The Morgan fingerprint density at radius 3 is 2.63 bits per heavy atom. The first kappa shape index (κ1) is 15.3. The number of hydrogen-bond donors (Lipinski definition) is 1. The molecule has 19 heavy (non-hydrogen) atoms. The highest BCUT2D eigenvalue weighted by atomic mass is 16.5. The maximum absolute atomic E-state index is 10.2. The number of rotatable bonds is 5. The normalized spacial score (nSPS) is 36.3. The molecule has 1 aliphatic heterocycles. The van der Waals surface area contributed by atoms with Gasteiger partial charge in [-0.2, -0.15) is 0 Å². The second-order valence-corrected chi connectivity index (χ2v) is 7.00. The minimum atomic E-state index is -0.0954. The fourth-order valence-electron chi connectivity index (χ4n) is 3.70. The highest BCUT2D eigenvalue weighted by molar-refractivity contribution is 4.83. The Morgan fingerprint density at radius 1 is 1.21 bits per heavy atom. The van der Waals surface area contributed by atoms with E-state index >= 15 is 0 Å². The third-order valence-corrected chi connectivity index (χ3v) is 5.01. The lowest BCUT2D eigenvalue weighted by Gasteiger charge is -2.37. The fourth-order valence-corrected chi connectivity index (χ4v) is 3.70. The predicted octanol–water partition coefficient (Wildman–Crippen LogP) is 2.53. The molecule has 4 atom stereocenters. The van der Waals surface area contributed by atoms with Gasteiger partial charge in [-0.25, -0.2) is 0 Å². The van der Waals surface area contributed by atoms with Gasteiger partial charge >= 0.3 is 0 Å². The van der Waals surface area contributed by atoms with Gasteiger partial charge in [-0.05, 0) is 56.9 Å². The van der Waals surface area contributed by atoms with Crippen molar-refractivity contribution in [3.8, 4) is 0 Å². The molecule has 1 aliphatic carbocycles. The lowest BCUT2D eigenvalue weighted by atomic mass is 9.74. The SMILES string of the molecule is CC(C)C1CCC(O)C(CN(C)CC2CCCO2)C1. The van der Waals surface area contributed by atoms with E-state index in [0.29, 0.717) is 12.0 Å². The molecule has 2 aliphatic rings. The number of aliphatic hydroxyl groups excluding tert-OH is 1. The van der Waals surface area contributed by atoms with E-state index in [1.165, 1.54) is 25.7 Å². The molecule has 1 N–H and O–H groups in total. The highest BCUT2D eigenvalue weighted by Gasteiger charge is 2.31. The van der Waals surface area contributed by atoms with Crippen molar-refractivity contribution in [3.05, 3.63) is 0 Å². The molecule has 0 amide bonds. The van der Waals surface area contributed by atoms with Crippen molar-refractivity contribution < 1.29 is 9.84 Å². The standard InChI is InChI=1S/C16H31NO2/c1-12(2)13-6-7-16(18)14(9-13)10-17(3)11-15-5-4-8-19-15/h12-16,18H,4-11H2,1-3H3. The molecule has 3 heteroatoms. The Morgan fingerprint density at radius 2 is 2.00 bits per heavy atom. The van der Waals surface area contributed by atoms with Crippen molar-refractivity contribution in [3.63, 3.8) is 0 Å². The van der Waals surface area contributed by atoms with Crippen molar-refractivity contribution in [2.45, 2.75) is 58.2 Å². The molecule has 0 aromatic rings. The summed E-state index contributed by atoms with van der Waals surface area (Å²) < 4.78 is 5.69. The van der Waals surface area contributed by atoms with Gasteiger partial charge in [0, 0.05) is 19.7 Å². The Kier molecular flexibility index (Phi) is 5.67. The number of nitrogens with zero attached hydrogens (tertiary/aromatic N) is 1. The summed E-state index contributed by atoms with van der Waals surface area (Å²) in [5.41, 5.74) is 0. The summed E-state index contributed by atoms with van der Waals surface area (Å²) in [4.78, 5) is 2.37. The van der Waals surface area contributed by atoms with Gasteiger partial charge in [0.05, 0.1) is 12.2 Å². The van der Waals surface area contributed by atoms with E-state index in [2.05, 4.69) is 25.8 Å². The molecule has 0 aromatic heterocycles. The van der Waals surface area contributed by atoms with Gasteiger partial charge in [-0.1, -0.05) is 13.8 Å². The number of likely N-dealkylation sites (N-methyl/N-ethyl adjacent to an activating group) is 1. The molecule has 2 rings (SSSR count). The van der Waals surface area contributed by atoms with E-state index in [1.54, 1.807) is 0 Å². The van der Waals surface area contributed by atoms with Crippen molar-refractivity contribution >= 4 is 0 Å². The minimum absolute atomic E-state index is 0.0954. The van der Waals surface area contributed by atoms with Crippen LogP contribution in [-0.4, -0.2) is 49.0 Å². The monoisotopic (exact) mass is 269 g/mol. The summed E-state index contributed by atoms with van der Waals surface area (Å²) >= 11 is 0. The minimum Gasteiger partial charge on any atom is -0.393 e. The van der Waals surface area contributed by atoms with Crippen LogP contribution in [0.1, 0.15) is 46.0 Å². The van der Waals surface area contributed by atoms with Gasteiger partial charge in [-0.3, -0.25) is 0 Å². The lowest BCUT2D eigenvalue weighted by molar-refractivity contribution is 0.0121. The molecule has 3 nitrogen and oxygen atoms in total. The zero-order valence-corrected chi connectivity index (χ0v) is 12.8. The smallest absolute Gasteiger partial charge is 0.0702 e. The van der Waals surface area contributed by atoms with Gasteiger partial charge < -0.3 is 14.7 Å². The second-order valence-electron chi connectivity index (χ2n) is 7.00. The topological polar surface area (TPSA) is 32.7 Å². The van der Waals surface area contributed by atoms with Crippen molar-refractivity contribution in [2.75, 3.05) is 26.7 Å². The van der Waals surface area contributed by atoms with Gasteiger partial charge in [-0.15, -0.1) is 0 Å². The third kappa shape index (κ3) is 4.44. The van der Waals surface area contributed by atoms with Gasteiger partial charge in [0.15, 0.2) is 0 Å². The van der Waals surface area contributed by atoms with Crippen LogP contribution >= 0.6 is 0 Å². The van der Waals surface area contributed by atoms with Crippen LogP contribution in [0.2, 0.25) is 0 Å². The molecule has 4 unspecified atom stereocenters. The van der Waals surface area contributed by atoms with Crippen LogP contribution in [0.3, 0.4) is 0 Å². The van der Waals surface area contributed by atoms with Crippen LogP contribution in [0.15, 0.2) is 0 Å². The Hall–Kier alpha value is -0.120. The summed E-state index contributed by atoms with van der Waals surface area (Å²) in [6, 6.07) is 0. The third-order valence-electron chi connectivity index (χ3n) is 5.01. The Labute approximate surface area is 118 Å². The molecular formula is C16H31NO2. The summed E-state index contributed by atoms with van der Waals surface area (Å²) in [6.07, 6.45) is 6.11. The zero-order chi connectivity index (χ0) is 13.8. The van der Waals surface area contributed by atoms with Crippen LogP contribution in [0.5, 0.6) is 0 Å². The maximum Gasteiger partial charge on any atom is 0.0702 e. The zero-order valence-electron chi connectivity index (χ0n) is 12.8. The summed E-state index contributed by atoms with van der Waals surface area (Å²) in [5, 5.41) is 10.2. The molecular weight excluding hydrogens is 238 g/mol. The molecule has 0 bridgehead atoms. The molecule has 0 spiro atoms. The van der Waals surface area contributed by atoms with Gasteiger partial charge in [0.1, 0.15) is 0 Å². The van der Waals surface area contributed by atoms with E-state index in [-0.39, 0.29) is 6.10 Å². The number of aliphatic hydroxyl groups is 1. The van der Waals surface area contributed by atoms with Gasteiger partial charge in [0.2, 0.25) is 0 Å². The maximum atomic E-state index is 10.2. The average Bonchev–Trinajstić information content (AvgIpc) is 2.84. The number of ether oxygens (including phenoxy) is 1. The molecule has 0 radical (unpaired) electrons. The average molecular weight is 269 g/mol. The summed E-state index contributed by atoms with van der Waals surface area (Å²) in [5.74, 6) is 2.00. The first-order valence-corrected chi connectivity index (χ1v) is 8.04.